The fraction of sp³-hybridized carbons (Fsp3) is 0.368. The molecule has 2 aromatic rings. The Balaban J connectivity index is 2.13. The van der Waals surface area contributed by atoms with Gasteiger partial charge in [0, 0.05) is 18.2 Å². The second kappa shape index (κ2) is 8.27. The van der Waals surface area contributed by atoms with Crippen LogP contribution < -0.4 is 5.32 Å². The minimum absolute atomic E-state index is 0.0349. The molecule has 0 radical (unpaired) electrons. The van der Waals surface area contributed by atoms with Gasteiger partial charge in [-0.2, -0.15) is 0 Å². The Morgan fingerprint density at radius 2 is 1.96 bits per heavy atom. The van der Waals surface area contributed by atoms with Crippen LogP contribution in [0, 0.1) is 13.8 Å². The first-order valence-corrected chi connectivity index (χ1v) is 8.41. The van der Waals surface area contributed by atoms with Gasteiger partial charge in [0.25, 0.3) is 5.91 Å². The van der Waals surface area contributed by atoms with Crippen LogP contribution in [0.3, 0.4) is 0 Å². The summed E-state index contributed by atoms with van der Waals surface area (Å²) >= 11 is 6.13. The standard InChI is InChI=1S/C19H23ClN2O2/c1-12-9-13(2)22-18(20)17(12)19(24)21-11-16(10-14(3)23)15-7-5-4-6-8-15/h4-9,14,16,23H,10-11H2,1-3H3,(H,21,24). The number of carbonyl (C=O) groups excluding carboxylic acids is 1. The van der Waals surface area contributed by atoms with Crippen LogP contribution >= 0.6 is 11.6 Å². The van der Waals surface area contributed by atoms with Crippen LogP contribution in [0.4, 0.5) is 0 Å². The third-order valence-electron chi connectivity index (χ3n) is 3.93. The first kappa shape index (κ1) is 18.4. The maximum Gasteiger partial charge on any atom is 0.254 e. The Kier molecular flexibility index (Phi) is 6.35. The Morgan fingerprint density at radius 3 is 2.54 bits per heavy atom. The molecule has 128 valence electrons. The van der Waals surface area contributed by atoms with E-state index in [1.54, 1.807) is 6.92 Å². The predicted octanol–water partition coefficient (Wildman–Crippen LogP) is 3.64. The van der Waals surface area contributed by atoms with Crippen molar-refractivity contribution in [1.29, 1.82) is 0 Å². The lowest BCUT2D eigenvalue weighted by molar-refractivity contribution is 0.0945. The lowest BCUT2D eigenvalue weighted by atomic mass is 9.93. The van der Waals surface area contributed by atoms with Gasteiger partial charge in [-0.3, -0.25) is 4.79 Å². The molecule has 1 aromatic carbocycles. The molecule has 1 aromatic heterocycles. The van der Waals surface area contributed by atoms with Gasteiger partial charge in [-0.15, -0.1) is 0 Å². The molecule has 2 atom stereocenters. The van der Waals surface area contributed by atoms with E-state index in [2.05, 4.69) is 10.3 Å². The van der Waals surface area contributed by atoms with Crippen LogP contribution in [0.25, 0.3) is 0 Å². The zero-order chi connectivity index (χ0) is 17.7. The number of nitrogens with one attached hydrogen (secondary N) is 1. The highest BCUT2D eigenvalue weighted by Crippen LogP contribution is 2.22. The van der Waals surface area contributed by atoms with Crippen molar-refractivity contribution < 1.29 is 9.90 Å². The van der Waals surface area contributed by atoms with Crippen molar-refractivity contribution in [3.05, 3.63) is 63.9 Å². The van der Waals surface area contributed by atoms with Crippen molar-refractivity contribution in [3.8, 4) is 0 Å². The number of aliphatic hydroxyl groups is 1. The van der Waals surface area contributed by atoms with Crippen LogP contribution in [0.15, 0.2) is 36.4 Å². The van der Waals surface area contributed by atoms with Crippen molar-refractivity contribution in [2.75, 3.05) is 6.54 Å². The molecule has 0 fully saturated rings. The van der Waals surface area contributed by atoms with E-state index in [0.29, 0.717) is 18.5 Å². The minimum atomic E-state index is -0.446. The summed E-state index contributed by atoms with van der Waals surface area (Å²) in [6.07, 6.45) is 0.127. The first-order valence-electron chi connectivity index (χ1n) is 8.03. The summed E-state index contributed by atoms with van der Waals surface area (Å²) in [5.74, 6) is -0.204. The Hall–Kier alpha value is -1.91. The lowest BCUT2D eigenvalue weighted by Gasteiger charge is -2.20. The van der Waals surface area contributed by atoms with Crippen LogP contribution in [0.5, 0.6) is 0 Å². The number of aryl methyl sites for hydroxylation is 2. The molecule has 0 saturated heterocycles. The van der Waals surface area contributed by atoms with Gasteiger partial charge in [-0.05, 0) is 44.4 Å². The lowest BCUT2D eigenvalue weighted by Crippen LogP contribution is -2.30. The molecule has 2 unspecified atom stereocenters. The Bertz CT molecular complexity index is 679. The van der Waals surface area contributed by atoms with Crippen molar-refractivity contribution in [3.63, 3.8) is 0 Å². The van der Waals surface area contributed by atoms with E-state index in [1.807, 2.05) is 50.2 Å². The molecule has 0 aliphatic rings. The van der Waals surface area contributed by atoms with Gasteiger partial charge in [0.05, 0.1) is 11.7 Å². The van der Waals surface area contributed by atoms with Crippen molar-refractivity contribution >= 4 is 17.5 Å². The molecular weight excluding hydrogens is 324 g/mol. The third kappa shape index (κ3) is 4.79. The van der Waals surface area contributed by atoms with E-state index in [4.69, 9.17) is 11.6 Å². The zero-order valence-corrected chi connectivity index (χ0v) is 15.0. The zero-order valence-electron chi connectivity index (χ0n) is 14.2. The molecule has 0 aliphatic heterocycles. The Labute approximate surface area is 147 Å². The summed E-state index contributed by atoms with van der Waals surface area (Å²) in [6, 6.07) is 11.7. The van der Waals surface area contributed by atoms with E-state index in [9.17, 15) is 9.90 Å². The molecule has 0 aliphatic carbocycles. The molecule has 4 nitrogen and oxygen atoms in total. The Morgan fingerprint density at radius 1 is 1.29 bits per heavy atom. The molecule has 24 heavy (non-hydrogen) atoms. The maximum absolute atomic E-state index is 12.5. The van der Waals surface area contributed by atoms with Gasteiger partial charge >= 0.3 is 0 Å². The van der Waals surface area contributed by atoms with E-state index in [-0.39, 0.29) is 17.0 Å². The number of hydrogen-bond acceptors (Lipinski definition) is 3. The van der Waals surface area contributed by atoms with Gasteiger partial charge in [-0.25, -0.2) is 4.98 Å². The van der Waals surface area contributed by atoms with E-state index in [1.165, 1.54) is 0 Å². The number of carbonyl (C=O) groups is 1. The number of halogens is 1. The minimum Gasteiger partial charge on any atom is -0.393 e. The molecule has 1 heterocycles. The van der Waals surface area contributed by atoms with Crippen LogP contribution in [-0.2, 0) is 0 Å². The SMILES string of the molecule is Cc1cc(C)c(C(=O)NCC(CC(C)O)c2ccccc2)c(Cl)n1. The topological polar surface area (TPSA) is 62.2 Å². The summed E-state index contributed by atoms with van der Waals surface area (Å²) in [7, 11) is 0. The predicted molar refractivity (Wildman–Crippen MR) is 96.5 cm³/mol. The quantitative estimate of drug-likeness (QED) is 0.785. The summed E-state index contributed by atoms with van der Waals surface area (Å²) in [4.78, 5) is 16.7. The van der Waals surface area contributed by atoms with Gasteiger partial charge < -0.3 is 10.4 Å². The number of hydrogen-bond donors (Lipinski definition) is 2. The average Bonchev–Trinajstić information content (AvgIpc) is 2.51. The van der Waals surface area contributed by atoms with Gasteiger partial charge in [-0.1, -0.05) is 41.9 Å². The third-order valence-corrected chi connectivity index (χ3v) is 4.21. The fourth-order valence-electron chi connectivity index (χ4n) is 2.84. The molecule has 0 bridgehead atoms. The first-order chi connectivity index (χ1) is 11.4. The molecule has 2 N–H and O–H groups in total. The highest BCUT2D eigenvalue weighted by atomic mass is 35.5. The molecule has 5 heteroatoms. The van der Waals surface area contributed by atoms with E-state index >= 15 is 0 Å². The molecule has 2 rings (SSSR count). The summed E-state index contributed by atoms with van der Waals surface area (Å²) < 4.78 is 0. The monoisotopic (exact) mass is 346 g/mol. The van der Waals surface area contributed by atoms with Crippen LogP contribution in [0.2, 0.25) is 5.15 Å². The molecule has 0 saturated carbocycles. The molecule has 0 spiro atoms. The van der Waals surface area contributed by atoms with Crippen LogP contribution in [0.1, 0.15) is 46.4 Å². The normalized spacial score (nSPS) is 13.4. The summed E-state index contributed by atoms with van der Waals surface area (Å²) in [5.41, 5.74) is 3.08. The number of amides is 1. The van der Waals surface area contributed by atoms with Gasteiger partial charge in [0.1, 0.15) is 5.15 Å². The average molecular weight is 347 g/mol. The smallest absolute Gasteiger partial charge is 0.254 e. The summed E-state index contributed by atoms with van der Waals surface area (Å²) in [5, 5.41) is 12.9. The van der Waals surface area contributed by atoms with Crippen molar-refractivity contribution in [2.45, 2.75) is 39.2 Å². The van der Waals surface area contributed by atoms with E-state index in [0.717, 1.165) is 16.8 Å². The van der Waals surface area contributed by atoms with E-state index < -0.39 is 6.10 Å². The second-order valence-corrected chi connectivity index (χ2v) is 6.51. The van der Waals surface area contributed by atoms with Crippen LogP contribution in [-0.4, -0.2) is 28.6 Å². The maximum atomic E-state index is 12.5. The highest BCUT2D eigenvalue weighted by molar-refractivity contribution is 6.32. The number of pyridine rings is 1. The number of aromatic nitrogens is 1. The van der Waals surface area contributed by atoms with Crippen molar-refractivity contribution in [1.82, 2.24) is 10.3 Å². The molecule has 1 amide bonds. The number of rotatable bonds is 6. The molecular formula is C19H23ClN2O2. The van der Waals surface area contributed by atoms with Gasteiger partial charge in [0.2, 0.25) is 0 Å². The highest BCUT2D eigenvalue weighted by Gasteiger charge is 2.19. The summed E-state index contributed by atoms with van der Waals surface area (Å²) in [6.45, 7) is 5.87. The largest absolute Gasteiger partial charge is 0.393 e. The number of aliphatic hydroxyl groups excluding tert-OH is 1. The van der Waals surface area contributed by atoms with Gasteiger partial charge in [0.15, 0.2) is 0 Å². The number of benzene rings is 1. The van der Waals surface area contributed by atoms with Crippen molar-refractivity contribution in [2.24, 2.45) is 0 Å². The fourth-order valence-corrected chi connectivity index (χ4v) is 3.21. The number of nitrogens with zero attached hydrogens (tertiary/aromatic N) is 1. The second-order valence-electron chi connectivity index (χ2n) is 6.15.